The number of phenolic OH excluding ortho intramolecular Hbond substituents is 1. The lowest BCUT2D eigenvalue weighted by molar-refractivity contribution is 0.0186. The molecule has 1 aliphatic carbocycles. The van der Waals surface area contributed by atoms with Gasteiger partial charge in [-0.25, -0.2) is 4.79 Å². The molecule has 1 aliphatic rings. The maximum absolute atomic E-state index is 12.6. The molecule has 3 rings (SSSR count). The minimum absolute atomic E-state index is 0.134. The average molecular weight is 414 g/mol. The van der Waals surface area contributed by atoms with Crippen LogP contribution in [0.1, 0.15) is 53.1 Å². The summed E-state index contributed by atoms with van der Waals surface area (Å²) in [5.41, 5.74) is 2.68. The van der Waals surface area contributed by atoms with E-state index in [9.17, 15) is 9.90 Å². The highest BCUT2D eigenvalue weighted by atomic mass is 16.5. The van der Waals surface area contributed by atoms with Crippen molar-refractivity contribution in [1.29, 1.82) is 0 Å². The van der Waals surface area contributed by atoms with Gasteiger partial charge in [0.05, 0.1) is 19.8 Å². The van der Waals surface area contributed by atoms with Gasteiger partial charge in [-0.15, -0.1) is 0 Å². The van der Waals surface area contributed by atoms with Crippen LogP contribution in [0.4, 0.5) is 0 Å². The summed E-state index contributed by atoms with van der Waals surface area (Å²) in [5, 5.41) is 10.2. The zero-order chi connectivity index (χ0) is 21.7. The second-order valence-corrected chi connectivity index (χ2v) is 8.04. The number of ether oxygens (including phenoxy) is 3. The summed E-state index contributed by atoms with van der Waals surface area (Å²) in [4.78, 5) is 14.7. The Kier molecular flexibility index (Phi) is 7.21. The number of hydrogen-bond donors (Lipinski definition) is 1. The highest BCUT2D eigenvalue weighted by molar-refractivity contribution is 5.89. The Hall–Kier alpha value is -2.73. The van der Waals surface area contributed by atoms with Gasteiger partial charge in [-0.05, 0) is 81.6 Å². The second kappa shape index (κ2) is 9.85. The van der Waals surface area contributed by atoms with Crippen molar-refractivity contribution in [2.24, 2.45) is 0 Å². The number of aromatic hydroxyl groups is 1. The Labute approximate surface area is 178 Å². The summed E-state index contributed by atoms with van der Waals surface area (Å²) >= 11 is 0. The quantitative estimate of drug-likeness (QED) is 0.681. The third-order valence-electron chi connectivity index (χ3n) is 5.62. The zero-order valence-corrected chi connectivity index (χ0v) is 18.2. The van der Waals surface area contributed by atoms with Gasteiger partial charge in [0.15, 0.2) is 11.5 Å². The third-order valence-corrected chi connectivity index (χ3v) is 5.62. The van der Waals surface area contributed by atoms with Crippen molar-refractivity contribution in [2.45, 2.75) is 44.2 Å². The number of phenols is 1. The van der Waals surface area contributed by atoms with Crippen LogP contribution in [0.3, 0.4) is 0 Å². The van der Waals surface area contributed by atoms with E-state index in [0.717, 1.165) is 36.8 Å². The Bertz CT molecular complexity index is 863. The van der Waals surface area contributed by atoms with Crippen molar-refractivity contribution >= 4 is 5.97 Å². The molecular weight excluding hydrogens is 382 g/mol. The first kappa shape index (κ1) is 22.0. The van der Waals surface area contributed by atoms with Crippen molar-refractivity contribution in [3.63, 3.8) is 0 Å². The van der Waals surface area contributed by atoms with Crippen LogP contribution in [0.2, 0.25) is 0 Å². The van der Waals surface area contributed by atoms with Gasteiger partial charge < -0.3 is 24.2 Å². The number of rotatable bonds is 7. The zero-order valence-electron chi connectivity index (χ0n) is 18.2. The topological polar surface area (TPSA) is 68.2 Å². The van der Waals surface area contributed by atoms with Crippen LogP contribution in [-0.2, 0) is 11.3 Å². The SMILES string of the molecule is COc1ccc(C(=O)OC2CCCC(c3ccc(O)c(OC)c3CN(C)C)C2)cc1. The molecule has 6 heteroatoms. The van der Waals surface area contributed by atoms with Crippen LogP contribution in [0.25, 0.3) is 0 Å². The minimum Gasteiger partial charge on any atom is -0.504 e. The highest BCUT2D eigenvalue weighted by Crippen LogP contribution is 2.42. The molecule has 0 heterocycles. The molecule has 2 unspecified atom stereocenters. The second-order valence-electron chi connectivity index (χ2n) is 8.04. The number of benzene rings is 2. The Balaban J connectivity index is 1.76. The van der Waals surface area contributed by atoms with Crippen molar-refractivity contribution < 1.29 is 24.1 Å². The van der Waals surface area contributed by atoms with Gasteiger partial charge in [-0.2, -0.15) is 0 Å². The highest BCUT2D eigenvalue weighted by Gasteiger charge is 2.29. The third kappa shape index (κ3) is 5.05. The number of methoxy groups -OCH3 is 2. The van der Waals surface area contributed by atoms with Crippen LogP contribution in [0, 0.1) is 0 Å². The van der Waals surface area contributed by atoms with Crippen molar-refractivity contribution in [3.05, 3.63) is 53.1 Å². The summed E-state index contributed by atoms with van der Waals surface area (Å²) < 4.78 is 16.5. The first-order chi connectivity index (χ1) is 14.4. The minimum atomic E-state index is -0.305. The normalized spacial score (nSPS) is 18.8. The van der Waals surface area contributed by atoms with Gasteiger partial charge in [0.2, 0.25) is 0 Å². The first-order valence-corrected chi connectivity index (χ1v) is 10.3. The van der Waals surface area contributed by atoms with Crippen LogP contribution >= 0.6 is 0 Å². The molecular formula is C24H31NO5. The van der Waals surface area contributed by atoms with E-state index >= 15 is 0 Å². The van der Waals surface area contributed by atoms with E-state index in [2.05, 4.69) is 4.90 Å². The molecule has 0 bridgehead atoms. The Morgan fingerprint density at radius 3 is 2.43 bits per heavy atom. The van der Waals surface area contributed by atoms with Gasteiger partial charge in [-0.1, -0.05) is 6.07 Å². The molecule has 1 N–H and O–H groups in total. The number of esters is 1. The summed E-state index contributed by atoms with van der Waals surface area (Å²) in [7, 11) is 7.16. The monoisotopic (exact) mass is 413 g/mol. The summed E-state index contributed by atoms with van der Waals surface area (Å²) in [5.74, 6) is 1.32. The molecule has 0 amide bonds. The lowest BCUT2D eigenvalue weighted by Gasteiger charge is -2.31. The van der Waals surface area contributed by atoms with Crippen LogP contribution in [-0.4, -0.2) is 50.4 Å². The van der Waals surface area contributed by atoms with Gasteiger partial charge in [0.1, 0.15) is 11.9 Å². The fourth-order valence-electron chi connectivity index (χ4n) is 4.20. The number of hydrogen-bond acceptors (Lipinski definition) is 6. The molecule has 162 valence electrons. The van der Waals surface area contributed by atoms with E-state index in [1.54, 1.807) is 44.6 Å². The fraction of sp³-hybridized carbons (Fsp3) is 0.458. The van der Waals surface area contributed by atoms with E-state index in [1.807, 2.05) is 20.2 Å². The molecule has 2 aromatic rings. The number of carbonyl (C=O) groups excluding carboxylic acids is 1. The molecule has 0 aliphatic heterocycles. The maximum Gasteiger partial charge on any atom is 0.338 e. The van der Waals surface area contributed by atoms with Crippen LogP contribution in [0.15, 0.2) is 36.4 Å². The van der Waals surface area contributed by atoms with E-state index in [0.29, 0.717) is 23.6 Å². The molecule has 30 heavy (non-hydrogen) atoms. The molecule has 0 radical (unpaired) electrons. The lowest BCUT2D eigenvalue weighted by Crippen LogP contribution is -2.26. The van der Waals surface area contributed by atoms with E-state index < -0.39 is 0 Å². The van der Waals surface area contributed by atoms with Crippen molar-refractivity contribution in [1.82, 2.24) is 4.90 Å². The smallest absolute Gasteiger partial charge is 0.338 e. The molecule has 6 nitrogen and oxygen atoms in total. The number of carbonyl (C=O) groups is 1. The summed E-state index contributed by atoms with van der Waals surface area (Å²) in [6, 6.07) is 10.6. The van der Waals surface area contributed by atoms with E-state index in [-0.39, 0.29) is 23.7 Å². The van der Waals surface area contributed by atoms with E-state index in [1.165, 1.54) is 0 Å². The lowest BCUT2D eigenvalue weighted by atomic mass is 9.80. The van der Waals surface area contributed by atoms with Gasteiger partial charge in [-0.3, -0.25) is 0 Å². The standard InChI is InChI=1S/C24H31NO5/c1-25(2)15-21-20(12-13-22(26)23(21)29-4)17-6-5-7-19(14-17)30-24(27)16-8-10-18(28-3)11-9-16/h8-13,17,19,26H,5-7,14-15H2,1-4H3. The molecule has 2 aromatic carbocycles. The van der Waals surface area contributed by atoms with E-state index in [4.69, 9.17) is 14.2 Å². The number of nitrogens with zero attached hydrogens (tertiary/aromatic N) is 1. The van der Waals surface area contributed by atoms with Gasteiger partial charge in [0.25, 0.3) is 0 Å². The molecule has 0 spiro atoms. The Morgan fingerprint density at radius 2 is 1.80 bits per heavy atom. The summed E-state index contributed by atoms with van der Waals surface area (Å²) in [6.07, 6.45) is 3.48. The maximum atomic E-state index is 12.6. The van der Waals surface area contributed by atoms with Gasteiger partial charge in [0, 0.05) is 12.1 Å². The van der Waals surface area contributed by atoms with Crippen LogP contribution < -0.4 is 9.47 Å². The summed E-state index contributed by atoms with van der Waals surface area (Å²) in [6.45, 7) is 0.666. The molecule has 0 saturated heterocycles. The predicted molar refractivity (Wildman–Crippen MR) is 115 cm³/mol. The largest absolute Gasteiger partial charge is 0.504 e. The van der Waals surface area contributed by atoms with Crippen molar-refractivity contribution in [3.8, 4) is 17.2 Å². The fourth-order valence-corrected chi connectivity index (χ4v) is 4.20. The predicted octanol–water partition coefficient (Wildman–Crippen LogP) is 4.35. The molecule has 0 aromatic heterocycles. The Morgan fingerprint density at radius 1 is 1.07 bits per heavy atom. The average Bonchev–Trinajstić information content (AvgIpc) is 2.74. The van der Waals surface area contributed by atoms with Crippen LogP contribution in [0.5, 0.6) is 17.2 Å². The van der Waals surface area contributed by atoms with Gasteiger partial charge >= 0.3 is 5.97 Å². The first-order valence-electron chi connectivity index (χ1n) is 10.3. The molecule has 2 atom stereocenters. The molecule has 1 fully saturated rings. The molecule has 1 saturated carbocycles. The van der Waals surface area contributed by atoms with Crippen molar-refractivity contribution in [2.75, 3.05) is 28.3 Å².